The summed E-state index contributed by atoms with van der Waals surface area (Å²) in [5, 5.41) is 12.8. The van der Waals surface area contributed by atoms with Crippen molar-refractivity contribution in [2.45, 2.75) is 51.9 Å². The van der Waals surface area contributed by atoms with E-state index in [4.69, 9.17) is 0 Å². The van der Waals surface area contributed by atoms with Gasteiger partial charge in [-0.3, -0.25) is 9.59 Å². The van der Waals surface area contributed by atoms with Crippen molar-refractivity contribution in [2.75, 3.05) is 6.54 Å². The number of carbonyl (C=O) groups excluding carboxylic acids is 2. The number of amides is 1. The maximum absolute atomic E-state index is 12.6. The number of phenolic OH excluding ortho intramolecular Hbond substituents is 1. The predicted molar refractivity (Wildman–Crippen MR) is 95.3 cm³/mol. The number of rotatable bonds is 2. The number of benzene rings is 1. The van der Waals surface area contributed by atoms with Crippen LogP contribution in [0, 0.1) is 23.2 Å². The van der Waals surface area contributed by atoms with Crippen molar-refractivity contribution in [1.29, 1.82) is 0 Å². The van der Waals surface area contributed by atoms with Crippen LogP contribution in [0.1, 0.15) is 56.6 Å². The number of nitrogens with one attached hydrogen (secondary N) is 1. The van der Waals surface area contributed by atoms with Crippen molar-refractivity contribution in [3.63, 3.8) is 0 Å². The van der Waals surface area contributed by atoms with Crippen molar-refractivity contribution in [3.8, 4) is 5.75 Å². The Kier molecular flexibility index (Phi) is 3.89. The van der Waals surface area contributed by atoms with Gasteiger partial charge < -0.3 is 10.4 Å². The molecule has 134 valence electrons. The number of fused-ring (bicyclic) bond motifs is 5. The molecule has 3 aliphatic carbocycles. The van der Waals surface area contributed by atoms with Gasteiger partial charge in [0.05, 0.1) is 0 Å². The normalized spacial score (nSPS) is 36.3. The molecule has 2 fully saturated rings. The average molecular weight is 341 g/mol. The first-order chi connectivity index (χ1) is 11.9. The molecule has 1 aromatic rings. The van der Waals surface area contributed by atoms with E-state index in [1.54, 1.807) is 13.0 Å². The van der Waals surface area contributed by atoms with Crippen molar-refractivity contribution in [3.05, 3.63) is 29.3 Å². The zero-order valence-electron chi connectivity index (χ0n) is 15.0. The van der Waals surface area contributed by atoms with Crippen LogP contribution in [0.2, 0.25) is 0 Å². The molecule has 1 aromatic carbocycles. The Bertz CT molecular complexity index is 728. The molecule has 5 atom stereocenters. The van der Waals surface area contributed by atoms with Gasteiger partial charge in [0.15, 0.2) is 0 Å². The summed E-state index contributed by atoms with van der Waals surface area (Å²) in [6.07, 6.45) is 4.77. The van der Waals surface area contributed by atoms with Crippen LogP contribution in [-0.2, 0) is 16.0 Å². The summed E-state index contributed by atoms with van der Waals surface area (Å²) in [5.74, 6) is 2.09. The smallest absolute Gasteiger partial charge is 0.216 e. The number of phenols is 1. The maximum Gasteiger partial charge on any atom is 0.216 e. The van der Waals surface area contributed by atoms with E-state index in [1.807, 2.05) is 6.07 Å². The van der Waals surface area contributed by atoms with Crippen molar-refractivity contribution in [1.82, 2.24) is 5.32 Å². The second-order valence-corrected chi connectivity index (χ2v) is 8.37. The van der Waals surface area contributed by atoms with Crippen LogP contribution in [0.3, 0.4) is 0 Å². The monoisotopic (exact) mass is 341 g/mol. The first-order valence-electron chi connectivity index (χ1n) is 9.51. The first-order valence-corrected chi connectivity index (χ1v) is 9.51. The molecule has 25 heavy (non-hydrogen) atoms. The highest BCUT2D eigenvalue weighted by Crippen LogP contribution is 2.61. The zero-order chi connectivity index (χ0) is 17.8. The Balaban J connectivity index is 1.68. The summed E-state index contributed by atoms with van der Waals surface area (Å²) >= 11 is 0. The minimum atomic E-state index is -0.0711. The van der Waals surface area contributed by atoms with Gasteiger partial charge in [0, 0.05) is 31.2 Å². The van der Waals surface area contributed by atoms with E-state index in [1.165, 1.54) is 11.1 Å². The Labute approximate surface area is 149 Å². The van der Waals surface area contributed by atoms with Gasteiger partial charge in [0.25, 0.3) is 0 Å². The second kappa shape index (κ2) is 5.86. The average Bonchev–Trinajstić information content (AvgIpc) is 2.84. The number of hydrogen-bond acceptors (Lipinski definition) is 3. The summed E-state index contributed by atoms with van der Waals surface area (Å²) in [4.78, 5) is 24.1. The van der Waals surface area contributed by atoms with E-state index in [-0.39, 0.29) is 17.2 Å². The number of ketones is 1. The Hall–Kier alpha value is -1.84. The highest BCUT2D eigenvalue weighted by molar-refractivity contribution is 5.85. The van der Waals surface area contributed by atoms with E-state index in [0.29, 0.717) is 42.3 Å². The summed E-state index contributed by atoms with van der Waals surface area (Å²) in [7, 11) is 0. The van der Waals surface area contributed by atoms with E-state index >= 15 is 0 Å². The molecule has 0 bridgehead atoms. The van der Waals surface area contributed by atoms with Crippen LogP contribution in [0.15, 0.2) is 18.2 Å². The Morgan fingerprint density at radius 1 is 1.36 bits per heavy atom. The third kappa shape index (κ3) is 2.49. The lowest BCUT2D eigenvalue weighted by atomic mass is 9.53. The van der Waals surface area contributed by atoms with Crippen LogP contribution in [0.25, 0.3) is 0 Å². The van der Waals surface area contributed by atoms with Gasteiger partial charge in [-0.1, -0.05) is 13.0 Å². The fraction of sp³-hybridized carbons (Fsp3) is 0.619. The molecule has 3 aliphatic rings. The van der Waals surface area contributed by atoms with Gasteiger partial charge in [0.2, 0.25) is 5.91 Å². The molecule has 0 radical (unpaired) electrons. The first kappa shape index (κ1) is 16.6. The number of aromatic hydroxyl groups is 1. The minimum absolute atomic E-state index is 0.00809. The zero-order valence-corrected chi connectivity index (χ0v) is 15.0. The van der Waals surface area contributed by atoms with Crippen molar-refractivity contribution in [2.24, 2.45) is 23.2 Å². The van der Waals surface area contributed by atoms with E-state index in [9.17, 15) is 14.7 Å². The molecule has 0 aromatic heterocycles. The third-order valence-electron chi connectivity index (χ3n) is 7.40. The standard InChI is InChI=1S/C21H27NO3/c1-12-20(25)10-19-18-5-3-14-9-15(24)4-6-16(14)17(18)7-8-21(12,19)11-22-13(2)23/h4,6,9,12,17-19,24H,3,5,7-8,10-11H2,1-2H3,(H,22,23)/t12-,17+,18+,19-,21-/m0/s1. The third-order valence-corrected chi connectivity index (χ3v) is 7.40. The lowest BCUT2D eigenvalue weighted by Gasteiger charge is -2.51. The van der Waals surface area contributed by atoms with Gasteiger partial charge in [-0.15, -0.1) is 0 Å². The van der Waals surface area contributed by atoms with Gasteiger partial charge >= 0.3 is 0 Å². The van der Waals surface area contributed by atoms with E-state index < -0.39 is 0 Å². The molecule has 0 spiro atoms. The Morgan fingerprint density at radius 3 is 2.92 bits per heavy atom. The maximum atomic E-state index is 12.6. The largest absolute Gasteiger partial charge is 0.508 e. The van der Waals surface area contributed by atoms with Crippen molar-refractivity contribution >= 4 is 11.7 Å². The quantitative estimate of drug-likeness (QED) is 0.868. The molecule has 2 saturated carbocycles. The number of aryl methyl sites for hydroxylation is 1. The molecular formula is C21H27NO3. The number of carbonyl (C=O) groups is 2. The lowest BCUT2D eigenvalue weighted by Crippen LogP contribution is -2.49. The lowest BCUT2D eigenvalue weighted by molar-refractivity contribution is -0.123. The molecule has 1 amide bonds. The summed E-state index contributed by atoms with van der Waals surface area (Å²) in [6.45, 7) is 4.26. The highest BCUT2D eigenvalue weighted by Gasteiger charge is 2.58. The molecule has 0 aliphatic heterocycles. The summed E-state index contributed by atoms with van der Waals surface area (Å²) in [5.41, 5.74) is 2.57. The van der Waals surface area contributed by atoms with Gasteiger partial charge in [-0.25, -0.2) is 0 Å². The molecule has 4 heteroatoms. The molecule has 0 saturated heterocycles. The van der Waals surface area contributed by atoms with E-state index in [0.717, 1.165) is 25.7 Å². The molecule has 0 unspecified atom stereocenters. The summed E-state index contributed by atoms with van der Waals surface area (Å²) < 4.78 is 0. The van der Waals surface area contributed by atoms with Gasteiger partial charge in [-0.05, 0) is 66.7 Å². The van der Waals surface area contributed by atoms with Crippen LogP contribution in [-0.4, -0.2) is 23.3 Å². The fourth-order valence-corrected chi connectivity index (χ4v) is 6.08. The van der Waals surface area contributed by atoms with Gasteiger partial charge in [0.1, 0.15) is 11.5 Å². The van der Waals surface area contributed by atoms with Crippen LogP contribution in [0.5, 0.6) is 5.75 Å². The fourth-order valence-electron chi connectivity index (χ4n) is 6.08. The molecule has 2 N–H and O–H groups in total. The van der Waals surface area contributed by atoms with Crippen molar-refractivity contribution < 1.29 is 14.7 Å². The SMILES string of the molecule is CC(=O)NC[C@]12CC[C@@H]3c4ccc(O)cc4CC[C@H]3[C@@H]1CC(=O)[C@@H]2C. The topological polar surface area (TPSA) is 66.4 Å². The summed E-state index contributed by atoms with van der Waals surface area (Å²) in [6, 6.07) is 5.79. The van der Waals surface area contributed by atoms with Crippen LogP contribution < -0.4 is 5.32 Å². The van der Waals surface area contributed by atoms with E-state index in [2.05, 4.69) is 18.3 Å². The van der Waals surface area contributed by atoms with Gasteiger partial charge in [-0.2, -0.15) is 0 Å². The van der Waals surface area contributed by atoms with Crippen LogP contribution in [0.4, 0.5) is 0 Å². The molecule has 4 nitrogen and oxygen atoms in total. The molecule has 4 rings (SSSR count). The molecule has 0 heterocycles. The number of Topliss-reactive ketones (excluding diaryl/α,β-unsaturated/α-hetero) is 1. The minimum Gasteiger partial charge on any atom is -0.508 e. The van der Waals surface area contributed by atoms with Crippen LogP contribution >= 0.6 is 0 Å². The second-order valence-electron chi connectivity index (χ2n) is 8.37. The number of hydrogen-bond donors (Lipinski definition) is 2. The predicted octanol–water partition coefficient (Wildman–Crippen LogP) is 3.18. The Morgan fingerprint density at radius 2 is 2.16 bits per heavy atom. The highest BCUT2D eigenvalue weighted by atomic mass is 16.3. The molecular weight excluding hydrogens is 314 g/mol.